The Morgan fingerprint density at radius 3 is 2.24 bits per heavy atom. The second kappa shape index (κ2) is 9.87. The van der Waals surface area contributed by atoms with Crippen molar-refractivity contribution in [3.63, 3.8) is 0 Å². The molecule has 25 heavy (non-hydrogen) atoms. The van der Waals surface area contributed by atoms with Gasteiger partial charge in [0.25, 0.3) is 5.91 Å². The van der Waals surface area contributed by atoms with Gasteiger partial charge in [-0.1, -0.05) is 66.7 Å². The third kappa shape index (κ3) is 5.78. The molecule has 0 atom stereocenters. The fraction of sp³-hybridized carbons (Fsp3) is 0. The maximum atomic E-state index is 11.8. The molecular weight excluding hydrogens is 357 g/mol. The SMILES string of the molecule is N#CN=C1NC(=O)C(=Cc2ccc(/C=C/c3ccccc3)cc2)S1.[H-].[K+]. The van der Waals surface area contributed by atoms with E-state index in [9.17, 15) is 4.79 Å². The first-order valence-electron chi connectivity index (χ1n) is 7.25. The molecule has 0 bridgehead atoms. The maximum Gasteiger partial charge on any atom is 1.00 e. The summed E-state index contributed by atoms with van der Waals surface area (Å²) in [6.07, 6.45) is 7.55. The zero-order valence-electron chi connectivity index (χ0n) is 14.6. The second-order valence-corrected chi connectivity index (χ2v) is 6.02. The van der Waals surface area contributed by atoms with Crippen LogP contribution >= 0.6 is 11.8 Å². The van der Waals surface area contributed by atoms with Crippen LogP contribution in [0.3, 0.4) is 0 Å². The first-order chi connectivity index (χ1) is 11.7. The molecule has 0 saturated carbocycles. The van der Waals surface area contributed by atoms with Gasteiger partial charge in [-0.05, 0) is 34.5 Å². The largest absolute Gasteiger partial charge is 1.00 e. The van der Waals surface area contributed by atoms with Crippen LogP contribution in [0.2, 0.25) is 0 Å². The minimum atomic E-state index is -0.234. The van der Waals surface area contributed by atoms with Gasteiger partial charge < -0.3 is 1.43 Å². The Labute approximate surface area is 194 Å². The number of carbonyl (C=O) groups is 1. The first-order valence-corrected chi connectivity index (χ1v) is 8.07. The molecule has 0 spiro atoms. The van der Waals surface area contributed by atoms with Crippen LogP contribution in [0.1, 0.15) is 18.1 Å². The molecule has 1 aliphatic rings. The third-order valence-corrected chi connectivity index (χ3v) is 4.21. The number of nitrogens with zero attached hydrogens (tertiary/aromatic N) is 2. The summed E-state index contributed by atoms with van der Waals surface area (Å²) >= 11 is 1.16. The molecule has 2 aromatic rings. The van der Waals surface area contributed by atoms with Crippen LogP contribution in [0.25, 0.3) is 18.2 Å². The van der Waals surface area contributed by atoms with Crippen LogP contribution in [0, 0.1) is 11.5 Å². The Morgan fingerprint density at radius 1 is 1.00 bits per heavy atom. The van der Waals surface area contributed by atoms with Crippen molar-refractivity contribution in [2.24, 2.45) is 4.99 Å². The van der Waals surface area contributed by atoms with Crippen LogP contribution in [-0.2, 0) is 4.79 Å². The van der Waals surface area contributed by atoms with Gasteiger partial charge in [0, 0.05) is 0 Å². The van der Waals surface area contributed by atoms with Crippen molar-refractivity contribution in [1.29, 1.82) is 5.26 Å². The summed E-state index contributed by atoms with van der Waals surface area (Å²) in [5, 5.41) is 11.4. The van der Waals surface area contributed by atoms with Crippen molar-refractivity contribution in [2.75, 3.05) is 0 Å². The molecule has 118 valence electrons. The van der Waals surface area contributed by atoms with Crippen molar-refractivity contribution in [1.82, 2.24) is 5.32 Å². The molecule has 1 amide bonds. The predicted octanol–water partition coefficient (Wildman–Crippen LogP) is 1.01. The van der Waals surface area contributed by atoms with E-state index in [-0.39, 0.29) is 58.7 Å². The molecule has 1 aliphatic heterocycles. The summed E-state index contributed by atoms with van der Waals surface area (Å²) in [4.78, 5) is 15.8. The monoisotopic (exact) mass is 371 g/mol. The number of carbonyl (C=O) groups excluding carboxylic acids is 1. The molecular formula is C19H14KN3OS. The van der Waals surface area contributed by atoms with Crippen molar-refractivity contribution >= 4 is 41.1 Å². The summed E-state index contributed by atoms with van der Waals surface area (Å²) in [5.41, 5.74) is 3.14. The number of hydrogen-bond acceptors (Lipinski definition) is 4. The number of amidine groups is 1. The smallest absolute Gasteiger partial charge is 1.00 e. The zero-order valence-corrected chi connectivity index (χ0v) is 17.6. The molecule has 2 aromatic carbocycles. The Balaban J connectivity index is 0.00000169. The molecule has 1 heterocycles. The minimum absolute atomic E-state index is 0. The van der Waals surface area contributed by atoms with Crippen LogP contribution in [0.5, 0.6) is 0 Å². The van der Waals surface area contributed by atoms with Gasteiger partial charge in [0.15, 0.2) is 5.17 Å². The fourth-order valence-corrected chi connectivity index (χ4v) is 2.91. The number of thioether (sulfide) groups is 1. The molecule has 1 saturated heterocycles. The number of benzene rings is 2. The van der Waals surface area contributed by atoms with E-state index in [2.05, 4.69) is 16.4 Å². The molecule has 6 heteroatoms. The molecule has 4 nitrogen and oxygen atoms in total. The van der Waals surface area contributed by atoms with Crippen molar-refractivity contribution in [3.8, 4) is 6.19 Å². The van der Waals surface area contributed by atoms with Gasteiger partial charge >= 0.3 is 51.4 Å². The molecule has 3 rings (SSSR count). The zero-order chi connectivity index (χ0) is 16.8. The summed E-state index contributed by atoms with van der Waals surface area (Å²) in [6.45, 7) is 0. The average molecular weight is 372 g/mol. The van der Waals surface area contributed by atoms with Crippen LogP contribution in [-0.4, -0.2) is 11.1 Å². The number of nitriles is 1. The number of nitrogens with one attached hydrogen (secondary N) is 1. The van der Waals surface area contributed by atoms with E-state index in [1.165, 1.54) is 0 Å². The summed E-state index contributed by atoms with van der Waals surface area (Å²) in [5.74, 6) is -0.234. The van der Waals surface area contributed by atoms with Gasteiger partial charge in [-0.2, -0.15) is 5.26 Å². The third-order valence-electron chi connectivity index (χ3n) is 3.30. The van der Waals surface area contributed by atoms with Gasteiger partial charge in [-0.25, -0.2) is 0 Å². The summed E-state index contributed by atoms with van der Waals surface area (Å²) < 4.78 is 0. The van der Waals surface area contributed by atoms with E-state index in [0.717, 1.165) is 28.5 Å². The van der Waals surface area contributed by atoms with Crippen LogP contribution in [0.4, 0.5) is 0 Å². The topological polar surface area (TPSA) is 65.2 Å². The molecule has 1 fully saturated rings. The summed E-state index contributed by atoms with van der Waals surface area (Å²) in [7, 11) is 0. The molecule has 0 aromatic heterocycles. The number of aliphatic imine (C=N–C) groups is 1. The van der Waals surface area contributed by atoms with Crippen LogP contribution < -0.4 is 56.7 Å². The second-order valence-electron chi connectivity index (χ2n) is 4.99. The van der Waals surface area contributed by atoms with Crippen LogP contribution in [0.15, 0.2) is 64.5 Å². The quantitative estimate of drug-likeness (QED) is 0.379. The number of hydrogen-bond donors (Lipinski definition) is 1. The van der Waals surface area contributed by atoms with Gasteiger partial charge in [0.05, 0.1) is 4.91 Å². The fourth-order valence-electron chi connectivity index (χ4n) is 2.14. The van der Waals surface area contributed by atoms with Gasteiger partial charge in [0.1, 0.15) is 0 Å². The normalized spacial score (nSPS) is 16.7. The van der Waals surface area contributed by atoms with E-state index >= 15 is 0 Å². The van der Waals surface area contributed by atoms with E-state index in [1.54, 1.807) is 12.3 Å². The Hall–Kier alpha value is -1.46. The number of rotatable bonds is 3. The van der Waals surface area contributed by atoms with E-state index < -0.39 is 0 Å². The van der Waals surface area contributed by atoms with Crippen molar-refractivity contribution in [3.05, 3.63) is 76.2 Å². The molecule has 0 aliphatic carbocycles. The van der Waals surface area contributed by atoms with Crippen molar-refractivity contribution < 1.29 is 57.6 Å². The van der Waals surface area contributed by atoms with Crippen molar-refractivity contribution in [2.45, 2.75) is 0 Å². The summed E-state index contributed by atoms with van der Waals surface area (Å²) in [6, 6.07) is 18.0. The van der Waals surface area contributed by atoms with Gasteiger partial charge in [-0.15, -0.1) is 4.99 Å². The first kappa shape index (κ1) is 19.9. The molecule has 0 radical (unpaired) electrons. The average Bonchev–Trinajstić information content (AvgIpc) is 2.95. The van der Waals surface area contributed by atoms with Gasteiger partial charge in [0.2, 0.25) is 6.19 Å². The van der Waals surface area contributed by atoms with Gasteiger partial charge in [-0.3, -0.25) is 10.1 Å². The minimum Gasteiger partial charge on any atom is -1.00 e. The standard InChI is InChI=1S/C19H13N3OS.K.H/c20-13-21-19-22-18(23)17(24-19)12-16-10-8-15(9-11-16)7-6-14-4-2-1-3-5-14;;/h1-12H,(H,21,22,23);;/q;+1;-1/b7-6+,17-12?;;. The predicted molar refractivity (Wildman–Crippen MR) is 99.7 cm³/mol. The molecule has 1 N–H and O–H groups in total. The van der Waals surface area contributed by atoms with E-state index in [0.29, 0.717) is 10.1 Å². The Bertz CT molecular complexity index is 887. The number of amides is 1. The van der Waals surface area contributed by atoms with E-state index in [1.807, 2.05) is 60.7 Å². The molecule has 0 unspecified atom stereocenters. The Morgan fingerprint density at radius 2 is 1.60 bits per heavy atom. The maximum absolute atomic E-state index is 11.8. The Kier molecular flexibility index (Phi) is 7.84. The van der Waals surface area contributed by atoms with E-state index in [4.69, 9.17) is 5.26 Å².